The molecular formula is C25H22Cl3N3O3. The van der Waals surface area contributed by atoms with E-state index in [4.69, 9.17) is 44.4 Å². The first-order valence-electron chi connectivity index (χ1n) is 10.5. The number of carbonyl (C=O) groups is 1. The molecule has 0 aliphatic carbocycles. The molecule has 1 heterocycles. The van der Waals surface area contributed by atoms with Gasteiger partial charge in [-0.3, -0.25) is 0 Å². The van der Waals surface area contributed by atoms with Gasteiger partial charge in [0.05, 0.1) is 35.1 Å². The molecule has 1 aliphatic heterocycles. The molecule has 0 saturated heterocycles. The van der Waals surface area contributed by atoms with E-state index in [2.05, 4.69) is 10.5 Å². The number of nitrogens with zero attached hydrogens (tertiary/aromatic N) is 2. The summed E-state index contributed by atoms with van der Waals surface area (Å²) in [4.78, 5) is 20.6. The average Bonchev–Trinajstić information content (AvgIpc) is 3.29. The van der Waals surface area contributed by atoms with Crippen LogP contribution in [0.4, 0.5) is 10.5 Å². The van der Waals surface area contributed by atoms with E-state index in [1.807, 2.05) is 36.4 Å². The molecule has 6 nitrogen and oxygen atoms in total. The molecule has 0 saturated carbocycles. The second-order valence-corrected chi connectivity index (χ2v) is 8.99. The van der Waals surface area contributed by atoms with E-state index in [0.717, 1.165) is 16.8 Å². The fraction of sp³-hybridized carbons (Fsp3) is 0.200. The number of hydrogen-bond acceptors (Lipinski definition) is 4. The smallest absolute Gasteiger partial charge is 0.322 e. The highest BCUT2D eigenvalue weighted by Crippen LogP contribution is 2.27. The second-order valence-electron chi connectivity index (χ2n) is 7.74. The normalized spacial score (nSPS) is 14.8. The van der Waals surface area contributed by atoms with E-state index in [1.54, 1.807) is 42.3 Å². The summed E-state index contributed by atoms with van der Waals surface area (Å²) in [6.45, 7) is 0.644. The van der Waals surface area contributed by atoms with Gasteiger partial charge in [-0.1, -0.05) is 70.3 Å². The molecule has 1 aliphatic rings. The van der Waals surface area contributed by atoms with Crippen molar-refractivity contribution in [2.24, 2.45) is 5.16 Å². The van der Waals surface area contributed by atoms with Crippen LogP contribution in [0.1, 0.15) is 17.5 Å². The summed E-state index contributed by atoms with van der Waals surface area (Å²) in [6, 6.07) is 19.7. The molecule has 1 N–H and O–H groups in total. The predicted molar refractivity (Wildman–Crippen MR) is 136 cm³/mol. The van der Waals surface area contributed by atoms with Gasteiger partial charge in [-0.2, -0.15) is 0 Å². The number of amides is 2. The molecule has 2 amide bonds. The number of oxime groups is 1. The van der Waals surface area contributed by atoms with Crippen LogP contribution in [-0.2, 0) is 11.4 Å². The Morgan fingerprint density at radius 1 is 1.09 bits per heavy atom. The average molecular weight is 519 g/mol. The number of para-hydroxylation sites is 2. The van der Waals surface area contributed by atoms with Crippen LogP contribution in [0.2, 0.25) is 15.1 Å². The fourth-order valence-electron chi connectivity index (χ4n) is 3.64. The van der Waals surface area contributed by atoms with Crippen molar-refractivity contribution in [2.45, 2.75) is 19.1 Å². The number of carbonyl (C=O) groups excluding carboxylic acids is 1. The van der Waals surface area contributed by atoms with Gasteiger partial charge in [0, 0.05) is 23.6 Å². The quantitative estimate of drug-likeness (QED) is 0.371. The number of nitrogens with one attached hydrogen (secondary N) is 1. The molecular weight excluding hydrogens is 497 g/mol. The first kappa shape index (κ1) is 24.2. The van der Waals surface area contributed by atoms with E-state index in [9.17, 15) is 4.79 Å². The number of urea groups is 1. The highest BCUT2D eigenvalue weighted by molar-refractivity contribution is 6.42. The molecule has 0 aromatic heterocycles. The van der Waals surface area contributed by atoms with Crippen molar-refractivity contribution in [2.75, 3.05) is 19.0 Å². The minimum absolute atomic E-state index is 0.295. The highest BCUT2D eigenvalue weighted by Gasteiger charge is 2.27. The zero-order valence-corrected chi connectivity index (χ0v) is 20.6. The van der Waals surface area contributed by atoms with Gasteiger partial charge in [0.2, 0.25) is 0 Å². The first-order chi connectivity index (χ1) is 16.4. The minimum Gasteiger partial charge on any atom is -0.495 e. The summed E-state index contributed by atoms with van der Waals surface area (Å²) in [5.41, 5.74) is 3.05. The van der Waals surface area contributed by atoms with Crippen molar-refractivity contribution in [3.8, 4) is 5.75 Å². The van der Waals surface area contributed by atoms with E-state index in [1.165, 1.54) is 0 Å². The maximum atomic E-state index is 13.3. The molecule has 0 radical (unpaired) electrons. The summed E-state index contributed by atoms with van der Waals surface area (Å²) < 4.78 is 5.36. The van der Waals surface area contributed by atoms with E-state index < -0.39 is 0 Å². The molecule has 9 heteroatoms. The molecule has 3 aromatic carbocycles. The number of benzene rings is 3. The minimum atomic E-state index is -0.327. The Balaban J connectivity index is 1.50. The third-order valence-electron chi connectivity index (χ3n) is 5.31. The number of hydrogen-bond donors (Lipinski definition) is 1. The van der Waals surface area contributed by atoms with Gasteiger partial charge in [-0.15, -0.1) is 0 Å². The third kappa shape index (κ3) is 5.95. The summed E-state index contributed by atoms with van der Waals surface area (Å²) in [6.07, 6.45) is 0.193. The highest BCUT2D eigenvalue weighted by atomic mass is 35.5. The van der Waals surface area contributed by atoms with Crippen molar-refractivity contribution in [3.05, 3.63) is 92.9 Å². The van der Waals surface area contributed by atoms with Crippen molar-refractivity contribution >= 4 is 52.2 Å². The molecule has 34 heavy (non-hydrogen) atoms. The van der Waals surface area contributed by atoms with Crippen LogP contribution in [0.25, 0.3) is 0 Å². The van der Waals surface area contributed by atoms with Crippen LogP contribution < -0.4 is 10.1 Å². The lowest BCUT2D eigenvalue weighted by molar-refractivity contribution is 0.0608. The molecule has 0 spiro atoms. The molecule has 4 rings (SSSR count). The Morgan fingerprint density at radius 3 is 2.68 bits per heavy atom. The number of anilines is 1. The van der Waals surface area contributed by atoms with Crippen molar-refractivity contribution in [1.29, 1.82) is 0 Å². The summed E-state index contributed by atoms with van der Waals surface area (Å²) in [5.74, 6) is 0.570. The van der Waals surface area contributed by atoms with Crippen LogP contribution >= 0.6 is 34.8 Å². The van der Waals surface area contributed by atoms with Crippen LogP contribution in [0.3, 0.4) is 0 Å². The van der Waals surface area contributed by atoms with E-state index in [0.29, 0.717) is 46.0 Å². The topological polar surface area (TPSA) is 63.2 Å². The SMILES string of the molecule is COc1ccccc1NC(=O)N(Cc1cccc(Cl)c1)CC1CC(c2ccc(Cl)c(Cl)c2)=NO1. The van der Waals surface area contributed by atoms with Crippen LogP contribution in [0.15, 0.2) is 71.9 Å². The summed E-state index contributed by atoms with van der Waals surface area (Å²) in [5, 5.41) is 8.67. The van der Waals surface area contributed by atoms with E-state index in [-0.39, 0.29) is 12.1 Å². The number of halogens is 3. The standard InChI is InChI=1S/C25H22Cl3N3O3/c1-33-24-8-3-2-7-22(24)29-25(32)31(14-16-5-4-6-18(26)11-16)15-19-13-23(30-34-19)17-9-10-20(27)21(28)12-17/h2-12,19H,13-15H2,1H3,(H,29,32). The number of rotatable bonds is 7. The lowest BCUT2D eigenvalue weighted by Crippen LogP contribution is -2.40. The molecule has 0 fully saturated rings. The van der Waals surface area contributed by atoms with Gasteiger partial charge >= 0.3 is 6.03 Å². The largest absolute Gasteiger partial charge is 0.495 e. The van der Waals surface area contributed by atoms with E-state index >= 15 is 0 Å². The molecule has 1 atom stereocenters. The van der Waals surface area contributed by atoms with Crippen molar-refractivity contribution in [3.63, 3.8) is 0 Å². The monoisotopic (exact) mass is 517 g/mol. The van der Waals surface area contributed by atoms with Gasteiger partial charge in [-0.25, -0.2) is 4.79 Å². The maximum absolute atomic E-state index is 13.3. The zero-order valence-electron chi connectivity index (χ0n) is 18.3. The van der Waals surface area contributed by atoms with Gasteiger partial charge < -0.3 is 19.8 Å². The van der Waals surface area contributed by atoms with Crippen LogP contribution in [0, 0.1) is 0 Å². The van der Waals surface area contributed by atoms with Crippen molar-refractivity contribution < 1.29 is 14.4 Å². The zero-order chi connectivity index (χ0) is 24.1. The predicted octanol–water partition coefficient (Wildman–Crippen LogP) is 6.88. The summed E-state index contributed by atoms with van der Waals surface area (Å²) in [7, 11) is 1.56. The van der Waals surface area contributed by atoms with Gasteiger partial charge in [0.15, 0.2) is 6.10 Å². The maximum Gasteiger partial charge on any atom is 0.322 e. The Morgan fingerprint density at radius 2 is 1.91 bits per heavy atom. The fourth-order valence-corrected chi connectivity index (χ4v) is 4.15. The second kappa shape index (κ2) is 11.0. The Kier molecular flexibility index (Phi) is 7.83. The molecule has 1 unspecified atom stereocenters. The number of ether oxygens (including phenoxy) is 1. The van der Waals surface area contributed by atoms with Crippen LogP contribution in [0.5, 0.6) is 5.75 Å². The Hall–Kier alpha value is -2.93. The van der Waals surface area contributed by atoms with Crippen LogP contribution in [-0.4, -0.2) is 36.4 Å². The summed E-state index contributed by atoms with van der Waals surface area (Å²) >= 11 is 18.3. The lowest BCUT2D eigenvalue weighted by Gasteiger charge is -2.25. The van der Waals surface area contributed by atoms with Gasteiger partial charge in [0.1, 0.15) is 5.75 Å². The Labute approximate surface area is 213 Å². The molecule has 3 aromatic rings. The number of methoxy groups -OCH3 is 1. The Bertz CT molecular complexity index is 1220. The molecule has 176 valence electrons. The van der Waals surface area contributed by atoms with Crippen molar-refractivity contribution in [1.82, 2.24) is 4.90 Å². The lowest BCUT2D eigenvalue weighted by atomic mass is 10.0. The first-order valence-corrected chi connectivity index (χ1v) is 11.7. The molecule has 0 bridgehead atoms. The van der Waals surface area contributed by atoms with Gasteiger partial charge in [0.25, 0.3) is 0 Å². The third-order valence-corrected chi connectivity index (χ3v) is 6.28. The van der Waals surface area contributed by atoms with Gasteiger partial charge in [-0.05, 0) is 42.0 Å².